The number of H-pyrrole nitrogens is 1. The van der Waals surface area contributed by atoms with E-state index in [1.54, 1.807) is 28.0 Å². The molecule has 26 heavy (non-hydrogen) atoms. The summed E-state index contributed by atoms with van der Waals surface area (Å²) in [6, 6.07) is 8.86. The summed E-state index contributed by atoms with van der Waals surface area (Å²) in [5, 5.41) is 5.99. The average Bonchev–Trinajstić information content (AvgIpc) is 2.90. The molecule has 0 saturated carbocycles. The lowest BCUT2D eigenvalue weighted by atomic mass is 10.1. The van der Waals surface area contributed by atoms with Crippen molar-refractivity contribution in [1.82, 2.24) is 20.0 Å². The molecule has 1 saturated heterocycles. The summed E-state index contributed by atoms with van der Waals surface area (Å²) >= 11 is 0. The molecule has 0 bridgehead atoms. The maximum absolute atomic E-state index is 13.7. The molecule has 1 aliphatic heterocycles. The molecule has 1 aliphatic rings. The van der Waals surface area contributed by atoms with Crippen LogP contribution in [-0.2, 0) is 11.2 Å². The normalized spacial score (nSPS) is 14.8. The van der Waals surface area contributed by atoms with Crippen LogP contribution in [0.15, 0.2) is 41.2 Å². The van der Waals surface area contributed by atoms with Crippen LogP contribution >= 0.6 is 0 Å². The lowest BCUT2D eigenvalue weighted by molar-refractivity contribution is -0.130. The maximum atomic E-state index is 13.7. The number of hydrogen-bond acceptors (Lipinski definition) is 4. The third-order valence-electron chi connectivity index (χ3n) is 4.33. The van der Waals surface area contributed by atoms with E-state index in [0.29, 0.717) is 38.2 Å². The second kappa shape index (κ2) is 7.90. The minimum atomic E-state index is -0.392. The van der Waals surface area contributed by atoms with Crippen LogP contribution in [0.3, 0.4) is 0 Å². The number of rotatable bonds is 3. The highest BCUT2D eigenvalue weighted by Crippen LogP contribution is 2.12. The van der Waals surface area contributed by atoms with Crippen LogP contribution in [-0.4, -0.2) is 58.0 Å². The van der Waals surface area contributed by atoms with Crippen LogP contribution in [0.25, 0.3) is 0 Å². The highest BCUT2D eigenvalue weighted by molar-refractivity contribution is 5.92. The molecular weight excluding hydrogens is 339 g/mol. The molecule has 7 nitrogen and oxygen atoms in total. The molecule has 1 fully saturated rings. The SMILES string of the molecule is O=C(Cc1ccccc1F)N1CCCN(C(=O)c2ccc(=O)[nH]n2)CC1. The fourth-order valence-electron chi connectivity index (χ4n) is 2.91. The van der Waals surface area contributed by atoms with Gasteiger partial charge in [0.15, 0.2) is 0 Å². The van der Waals surface area contributed by atoms with Crippen molar-refractivity contribution in [1.29, 1.82) is 0 Å². The van der Waals surface area contributed by atoms with Crippen molar-refractivity contribution in [2.45, 2.75) is 12.8 Å². The smallest absolute Gasteiger partial charge is 0.274 e. The monoisotopic (exact) mass is 358 g/mol. The van der Waals surface area contributed by atoms with E-state index in [0.717, 1.165) is 0 Å². The number of carbonyl (C=O) groups excluding carboxylic acids is 2. The van der Waals surface area contributed by atoms with Crippen molar-refractivity contribution in [2.75, 3.05) is 26.2 Å². The number of aromatic amines is 1. The molecule has 3 rings (SSSR count). The van der Waals surface area contributed by atoms with Crippen LogP contribution in [0.1, 0.15) is 22.5 Å². The standard InChI is InChI=1S/C18H19FN4O3/c19-14-5-2-1-4-13(14)12-17(25)22-8-3-9-23(11-10-22)18(26)15-6-7-16(24)21-20-15/h1-2,4-7H,3,8-12H2,(H,21,24). The summed E-state index contributed by atoms with van der Waals surface area (Å²) in [6.07, 6.45) is 0.625. The number of halogens is 1. The van der Waals surface area contributed by atoms with Crippen LogP contribution in [0.4, 0.5) is 4.39 Å². The third-order valence-corrected chi connectivity index (χ3v) is 4.33. The molecule has 0 spiro atoms. The van der Waals surface area contributed by atoms with Crippen molar-refractivity contribution >= 4 is 11.8 Å². The Bertz CT molecular complexity index is 847. The molecule has 2 amide bonds. The van der Waals surface area contributed by atoms with Gasteiger partial charge in [-0.2, -0.15) is 5.10 Å². The van der Waals surface area contributed by atoms with E-state index in [1.165, 1.54) is 18.2 Å². The van der Waals surface area contributed by atoms with Crippen molar-refractivity contribution in [3.63, 3.8) is 0 Å². The molecule has 1 aromatic carbocycles. The predicted octanol–water partition coefficient (Wildman–Crippen LogP) is 0.826. The fraction of sp³-hybridized carbons (Fsp3) is 0.333. The molecule has 1 aromatic heterocycles. The van der Waals surface area contributed by atoms with Crippen molar-refractivity contribution in [2.24, 2.45) is 0 Å². The van der Waals surface area contributed by atoms with E-state index >= 15 is 0 Å². The Morgan fingerprint density at radius 1 is 1.04 bits per heavy atom. The Morgan fingerprint density at radius 2 is 1.77 bits per heavy atom. The fourth-order valence-corrected chi connectivity index (χ4v) is 2.91. The molecule has 1 N–H and O–H groups in total. The summed E-state index contributed by atoms with van der Waals surface area (Å²) in [6.45, 7) is 1.74. The molecular formula is C18H19FN4O3. The zero-order valence-electron chi connectivity index (χ0n) is 14.2. The Kier molecular flexibility index (Phi) is 5.40. The Morgan fingerprint density at radius 3 is 2.50 bits per heavy atom. The van der Waals surface area contributed by atoms with Crippen molar-refractivity contribution in [3.8, 4) is 0 Å². The zero-order chi connectivity index (χ0) is 18.5. The summed E-state index contributed by atoms with van der Waals surface area (Å²) in [4.78, 5) is 39.2. The van der Waals surface area contributed by atoms with Crippen LogP contribution in [0.5, 0.6) is 0 Å². The average molecular weight is 358 g/mol. The van der Waals surface area contributed by atoms with Gasteiger partial charge in [-0.1, -0.05) is 18.2 Å². The Hall–Kier alpha value is -3.03. The van der Waals surface area contributed by atoms with Gasteiger partial charge in [0.1, 0.15) is 11.5 Å². The van der Waals surface area contributed by atoms with Crippen molar-refractivity contribution < 1.29 is 14.0 Å². The van der Waals surface area contributed by atoms with E-state index < -0.39 is 5.82 Å². The second-order valence-corrected chi connectivity index (χ2v) is 6.10. The Balaban J connectivity index is 1.61. The zero-order valence-corrected chi connectivity index (χ0v) is 14.2. The van der Waals surface area contributed by atoms with Gasteiger partial charge in [0.2, 0.25) is 5.91 Å². The molecule has 0 atom stereocenters. The quantitative estimate of drug-likeness (QED) is 0.880. The van der Waals surface area contributed by atoms with E-state index in [9.17, 15) is 18.8 Å². The lowest BCUT2D eigenvalue weighted by Gasteiger charge is -2.22. The minimum Gasteiger partial charge on any atom is -0.341 e. The highest BCUT2D eigenvalue weighted by Gasteiger charge is 2.24. The maximum Gasteiger partial charge on any atom is 0.274 e. The first-order chi connectivity index (χ1) is 12.5. The number of amides is 2. The number of carbonyl (C=O) groups is 2. The predicted molar refractivity (Wildman–Crippen MR) is 92.1 cm³/mol. The van der Waals surface area contributed by atoms with Gasteiger partial charge in [0, 0.05) is 32.2 Å². The van der Waals surface area contributed by atoms with E-state index in [2.05, 4.69) is 10.2 Å². The van der Waals surface area contributed by atoms with Gasteiger partial charge in [-0.05, 0) is 24.1 Å². The van der Waals surface area contributed by atoms with Gasteiger partial charge in [0.05, 0.1) is 6.42 Å². The summed E-state index contributed by atoms with van der Waals surface area (Å²) in [5.41, 5.74) is 0.158. The first kappa shape index (κ1) is 17.8. The number of nitrogens with one attached hydrogen (secondary N) is 1. The summed E-state index contributed by atoms with van der Waals surface area (Å²) in [7, 11) is 0. The van der Waals surface area contributed by atoms with Gasteiger partial charge in [-0.3, -0.25) is 14.4 Å². The highest BCUT2D eigenvalue weighted by atomic mass is 19.1. The molecule has 0 radical (unpaired) electrons. The van der Waals surface area contributed by atoms with Gasteiger partial charge >= 0.3 is 0 Å². The number of aromatic nitrogens is 2. The minimum absolute atomic E-state index is 0.00208. The third kappa shape index (κ3) is 4.14. The van der Waals surface area contributed by atoms with Gasteiger partial charge in [-0.15, -0.1) is 0 Å². The largest absolute Gasteiger partial charge is 0.341 e. The lowest BCUT2D eigenvalue weighted by Crippen LogP contribution is -2.38. The van der Waals surface area contributed by atoms with Crippen molar-refractivity contribution in [3.05, 3.63) is 63.8 Å². The molecule has 0 unspecified atom stereocenters. The summed E-state index contributed by atoms with van der Waals surface area (Å²) in [5.74, 6) is -0.840. The Labute approximate surface area is 149 Å². The second-order valence-electron chi connectivity index (χ2n) is 6.10. The van der Waals surface area contributed by atoms with Gasteiger partial charge < -0.3 is 9.80 Å². The van der Waals surface area contributed by atoms with Crippen LogP contribution in [0.2, 0.25) is 0 Å². The first-order valence-corrected chi connectivity index (χ1v) is 8.41. The molecule has 2 heterocycles. The number of hydrogen-bond donors (Lipinski definition) is 1. The van der Waals surface area contributed by atoms with Gasteiger partial charge in [0.25, 0.3) is 11.5 Å². The first-order valence-electron chi connectivity index (χ1n) is 8.41. The molecule has 0 aliphatic carbocycles. The number of nitrogens with zero attached hydrogens (tertiary/aromatic N) is 3. The van der Waals surface area contributed by atoms with E-state index in [4.69, 9.17) is 0 Å². The molecule has 136 valence electrons. The van der Waals surface area contributed by atoms with Crippen LogP contribution < -0.4 is 5.56 Å². The van der Waals surface area contributed by atoms with E-state index in [1.807, 2.05) is 0 Å². The molecule has 8 heteroatoms. The van der Waals surface area contributed by atoms with E-state index in [-0.39, 0.29) is 29.5 Å². The molecule has 2 aromatic rings. The topological polar surface area (TPSA) is 86.4 Å². The number of benzene rings is 1. The van der Waals surface area contributed by atoms with Gasteiger partial charge in [-0.25, -0.2) is 9.49 Å². The van der Waals surface area contributed by atoms with Crippen LogP contribution in [0, 0.1) is 5.82 Å². The summed E-state index contributed by atoms with van der Waals surface area (Å²) < 4.78 is 13.7.